The molecule has 0 saturated heterocycles. The lowest BCUT2D eigenvalue weighted by Gasteiger charge is -2.05. The van der Waals surface area contributed by atoms with Crippen molar-refractivity contribution in [2.24, 2.45) is 0 Å². The Balaban J connectivity index is 2.09. The lowest BCUT2D eigenvalue weighted by Crippen LogP contribution is -2.25. The minimum Gasteiger partial charge on any atom is -0.501 e. The fraction of sp³-hybridized carbons (Fsp3) is 0.0833. The molecule has 6 heteroatoms. The molecule has 0 bridgehead atoms. The molecule has 2 aromatic rings. The number of aromatic nitrogens is 2. The van der Waals surface area contributed by atoms with E-state index >= 15 is 0 Å². The Labute approximate surface area is 102 Å². The number of nitrogens with one attached hydrogen (secondary N) is 2. The average Bonchev–Trinajstić information content (AvgIpc) is 2.40. The fourth-order valence-corrected chi connectivity index (χ4v) is 1.42. The van der Waals surface area contributed by atoms with Crippen molar-refractivity contribution >= 4 is 5.91 Å². The fourth-order valence-electron chi connectivity index (χ4n) is 1.42. The molecule has 1 heterocycles. The molecular weight excluding hydrogens is 234 g/mol. The maximum Gasteiger partial charge on any atom is 0.293 e. The number of carbonyl (C=O) groups is 1. The van der Waals surface area contributed by atoms with Crippen molar-refractivity contribution in [1.82, 2.24) is 15.3 Å². The molecule has 3 N–H and O–H groups in total. The number of hydrogen-bond acceptors (Lipinski definition) is 4. The van der Waals surface area contributed by atoms with Gasteiger partial charge in [0.1, 0.15) is 0 Å². The van der Waals surface area contributed by atoms with Gasteiger partial charge in [-0.1, -0.05) is 30.3 Å². The van der Waals surface area contributed by atoms with Crippen LogP contribution in [0.4, 0.5) is 0 Å². The van der Waals surface area contributed by atoms with Crippen molar-refractivity contribution in [2.45, 2.75) is 6.54 Å². The van der Waals surface area contributed by atoms with Crippen LogP contribution in [0.3, 0.4) is 0 Å². The smallest absolute Gasteiger partial charge is 0.293 e. The zero-order valence-corrected chi connectivity index (χ0v) is 9.38. The lowest BCUT2D eigenvalue weighted by atomic mass is 10.2. The molecule has 6 nitrogen and oxygen atoms in total. The molecule has 0 aliphatic heterocycles. The number of benzene rings is 1. The quantitative estimate of drug-likeness (QED) is 0.729. The van der Waals surface area contributed by atoms with Gasteiger partial charge in [-0.3, -0.25) is 9.59 Å². The second-order valence-corrected chi connectivity index (χ2v) is 3.60. The van der Waals surface area contributed by atoms with Crippen molar-refractivity contribution in [3.05, 3.63) is 58.3 Å². The summed E-state index contributed by atoms with van der Waals surface area (Å²) in [6.07, 6.45) is 1.07. The van der Waals surface area contributed by atoms with Gasteiger partial charge in [0.25, 0.3) is 11.5 Å². The van der Waals surface area contributed by atoms with E-state index in [1.54, 1.807) is 0 Å². The van der Waals surface area contributed by atoms with E-state index in [-0.39, 0.29) is 5.69 Å². The summed E-state index contributed by atoms with van der Waals surface area (Å²) in [5.41, 5.74) is -0.111. The Morgan fingerprint density at radius 1 is 1.33 bits per heavy atom. The van der Waals surface area contributed by atoms with Crippen LogP contribution in [0.15, 0.2) is 41.5 Å². The number of hydrogen-bond donors (Lipinski definition) is 3. The molecule has 0 aliphatic carbocycles. The van der Waals surface area contributed by atoms with E-state index in [9.17, 15) is 14.7 Å². The zero-order valence-electron chi connectivity index (χ0n) is 9.38. The summed E-state index contributed by atoms with van der Waals surface area (Å²) >= 11 is 0. The number of rotatable bonds is 3. The van der Waals surface area contributed by atoms with Crippen LogP contribution < -0.4 is 10.9 Å². The third-order valence-electron chi connectivity index (χ3n) is 2.34. The highest BCUT2D eigenvalue weighted by Crippen LogP contribution is 2.06. The predicted molar refractivity (Wildman–Crippen MR) is 64.1 cm³/mol. The lowest BCUT2D eigenvalue weighted by molar-refractivity contribution is 0.0942. The van der Waals surface area contributed by atoms with Gasteiger partial charge in [-0.2, -0.15) is 0 Å². The summed E-state index contributed by atoms with van der Waals surface area (Å²) in [4.78, 5) is 28.6. The third-order valence-corrected chi connectivity index (χ3v) is 2.34. The van der Waals surface area contributed by atoms with Gasteiger partial charge in [0.2, 0.25) is 5.75 Å². The molecule has 1 aromatic heterocycles. The van der Waals surface area contributed by atoms with Crippen LogP contribution in [-0.2, 0) is 6.54 Å². The van der Waals surface area contributed by atoms with E-state index in [0.717, 1.165) is 11.9 Å². The molecule has 2 rings (SSSR count). The van der Waals surface area contributed by atoms with Gasteiger partial charge in [-0.15, -0.1) is 0 Å². The topological polar surface area (TPSA) is 95.1 Å². The van der Waals surface area contributed by atoms with Crippen LogP contribution in [0.25, 0.3) is 0 Å². The second-order valence-electron chi connectivity index (χ2n) is 3.60. The van der Waals surface area contributed by atoms with Crippen LogP contribution in [-0.4, -0.2) is 21.0 Å². The first-order valence-electron chi connectivity index (χ1n) is 5.27. The Morgan fingerprint density at radius 2 is 2.06 bits per heavy atom. The first kappa shape index (κ1) is 11.8. The number of aromatic amines is 1. The highest BCUT2D eigenvalue weighted by Gasteiger charge is 2.14. The highest BCUT2D eigenvalue weighted by atomic mass is 16.3. The molecule has 92 valence electrons. The average molecular weight is 245 g/mol. The van der Waals surface area contributed by atoms with E-state index < -0.39 is 17.2 Å². The van der Waals surface area contributed by atoms with E-state index in [0.29, 0.717) is 6.54 Å². The van der Waals surface area contributed by atoms with Crippen LogP contribution in [0.1, 0.15) is 16.1 Å². The van der Waals surface area contributed by atoms with E-state index in [4.69, 9.17) is 0 Å². The molecule has 0 fully saturated rings. The SMILES string of the molecule is O=C(NCc1ccccc1)c1nc[nH]c(=O)c1O. The zero-order chi connectivity index (χ0) is 13.0. The highest BCUT2D eigenvalue weighted by molar-refractivity contribution is 5.94. The molecule has 0 unspecified atom stereocenters. The summed E-state index contributed by atoms with van der Waals surface area (Å²) in [7, 11) is 0. The molecule has 1 amide bonds. The van der Waals surface area contributed by atoms with Gasteiger partial charge in [0, 0.05) is 6.54 Å². The van der Waals surface area contributed by atoms with Crippen LogP contribution in [0.2, 0.25) is 0 Å². The largest absolute Gasteiger partial charge is 0.501 e. The number of nitrogens with zero attached hydrogens (tertiary/aromatic N) is 1. The second kappa shape index (κ2) is 5.13. The van der Waals surface area contributed by atoms with Gasteiger partial charge in [0.05, 0.1) is 6.33 Å². The third kappa shape index (κ3) is 2.54. The first-order valence-corrected chi connectivity index (χ1v) is 5.27. The number of H-pyrrole nitrogens is 1. The molecule has 1 aromatic carbocycles. The number of aromatic hydroxyl groups is 1. The van der Waals surface area contributed by atoms with Crippen molar-refractivity contribution in [2.75, 3.05) is 0 Å². The van der Waals surface area contributed by atoms with E-state index in [2.05, 4.69) is 15.3 Å². The van der Waals surface area contributed by atoms with Crippen LogP contribution in [0.5, 0.6) is 5.75 Å². The van der Waals surface area contributed by atoms with Gasteiger partial charge in [-0.05, 0) is 5.56 Å². The molecule has 0 aliphatic rings. The summed E-state index contributed by atoms with van der Waals surface area (Å²) in [6, 6.07) is 9.28. The summed E-state index contributed by atoms with van der Waals surface area (Å²) < 4.78 is 0. The van der Waals surface area contributed by atoms with Crippen molar-refractivity contribution < 1.29 is 9.90 Å². The molecule has 0 spiro atoms. The van der Waals surface area contributed by atoms with Crippen molar-refractivity contribution in [3.63, 3.8) is 0 Å². The van der Waals surface area contributed by atoms with Gasteiger partial charge >= 0.3 is 0 Å². The molecule has 0 saturated carbocycles. The molecular formula is C12H11N3O3. The van der Waals surface area contributed by atoms with Gasteiger partial charge < -0.3 is 15.4 Å². The summed E-state index contributed by atoms with van der Waals surface area (Å²) in [5, 5.41) is 12.0. The summed E-state index contributed by atoms with van der Waals surface area (Å²) in [5.74, 6) is -1.27. The van der Waals surface area contributed by atoms with E-state index in [1.807, 2.05) is 30.3 Å². The van der Waals surface area contributed by atoms with Gasteiger partial charge in [0.15, 0.2) is 5.69 Å². The Bertz CT molecular complexity index is 607. The first-order chi connectivity index (χ1) is 8.68. The van der Waals surface area contributed by atoms with Gasteiger partial charge in [-0.25, -0.2) is 4.98 Å². The maximum atomic E-state index is 11.7. The van der Waals surface area contributed by atoms with Crippen LogP contribution in [0, 0.1) is 0 Å². The minimum atomic E-state index is -0.741. The van der Waals surface area contributed by atoms with Crippen molar-refractivity contribution in [3.8, 4) is 5.75 Å². The number of carbonyl (C=O) groups excluding carboxylic acids is 1. The molecule has 18 heavy (non-hydrogen) atoms. The standard InChI is InChI=1S/C12H11N3O3/c16-10-9(14-7-15-12(10)18)11(17)13-6-8-4-2-1-3-5-8/h1-5,7,16H,6H2,(H,13,17)(H,14,15,18). The Morgan fingerprint density at radius 3 is 2.78 bits per heavy atom. The van der Waals surface area contributed by atoms with Crippen molar-refractivity contribution in [1.29, 1.82) is 0 Å². The molecule has 0 radical (unpaired) electrons. The van der Waals surface area contributed by atoms with E-state index in [1.165, 1.54) is 0 Å². The number of amides is 1. The Hall–Kier alpha value is -2.63. The predicted octanol–water partition coefficient (Wildman–Crippen LogP) is 0.405. The normalized spacial score (nSPS) is 10.0. The monoisotopic (exact) mass is 245 g/mol. The molecule has 0 atom stereocenters. The maximum absolute atomic E-state index is 11.7. The van der Waals surface area contributed by atoms with Crippen LogP contribution >= 0.6 is 0 Å². The Kier molecular flexibility index (Phi) is 3.38. The summed E-state index contributed by atoms with van der Waals surface area (Å²) in [6.45, 7) is 0.299. The minimum absolute atomic E-state index is 0.283.